The number of hydrogen-bond donors (Lipinski definition) is 0. The van der Waals surface area contributed by atoms with E-state index in [-0.39, 0.29) is 0 Å². The highest BCUT2D eigenvalue weighted by Gasteiger charge is 2.09. The van der Waals surface area contributed by atoms with Crippen molar-refractivity contribution in [2.75, 3.05) is 6.54 Å². The maximum Gasteiger partial charge on any atom is 0.129 e. The summed E-state index contributed by atoms with van der Waals surface area (Å²) in [6.45, 7) is 8.85. The van der Waals surface area contributed by atoms with Crippen LogP contribution in [0.5, 0.6) is 0 Å². The number of nitrogens with zero attached hydrogens (tertiary/aromatic N) is 2. The van der Waals surface area contributed by atoms with Gasteiger partial charge in [0, 0.05) is 18.8 Å². The molecule has 0 unspecified atom stereocenters. The molecule has 0 atom stereocenters. The van der Waals surface area contributed by atoms with Crippen LogP contribution in [0.15, 0.2) is 18.3 Å². The summed E-state index contributed by atoms with van der Waals surface area (Å²) < 4.78 is 0. The van der Waals surface area contributed by atoms with Gasteiger partial charge in [-0.1, -0.05) is 31.4 Å². The molecule has 0 N–H and O–H groups in total. The van der Waals surface area contributed by atoms with E-state index in [2.05, 4.69) is 30.7 Å². The zero-order valence-electron chi connectivity index (χ0n) is 11.1. The van der Waals surface area contributed by atoms with Gasteiger partial charge in [0.05, 0.1) is 0 Å². The van der Waals surface area contributed by atoms with Gasteiger partial charge in [0.2, 0.25) is 0 Å². The van der Waals surface area contributed by atoms with Gasteiger partial charge in [-0.05, 0) is 44.5 Å². The molecule has 1 aromatic heterocycles. The second-order valence-corrected chi connectivity index (χ2v) is 5.15. The lowest BCUT2D eigenvalue weighted by molar-refractivity contribution is 0.208. The van der Waals surface area contributed by atoms with Gasteiger partial charge in [0.1, 0.15) is 5.15 Å². The summed E-state index contributed by atoms with van der Waals surface area (Å²) in [4.78, 5) is 6.50. The van der Waals surface area contributed by atoms with Crippen molar-refractivity contribution in [3.8, 4) is 0 Å². The van der Waals surface area contributed by atoms with Crippen molar-refractivity contribution in [3.05, 3.63) is 29.0 Å². The van der Waals surface area contributed by atoms with Crippen LogP contribution in [-0.4, -0.2) is 22.5 Å². The number of pyridine rings is 1. The van der Waals surface area contributed by atoms with E-state index >= 15 is 0 Å². The molecule has 0 amide bonds. The monoisotopic (exact) mass is 254 g/mol. The molecule has 0 radical (unpaired) electrons. The molecule has 1 aromatic rings. The summed E-state index contributed by atoms with van der Waals surface area (Å²) in [5.41, 5.74) is 1.25. The summed E-state index contributed by atoms with van der Waals surface area (Å²) in [6.07, 6.45) is 5.63. The Morgan fingerprint density at radius 2 is 2.12 bits per heavy atom. The second kappa shape index (κ2) is 7.67. The molecule has 2 nitrogen and oxygen atoms in total. The molecule has 0 aromatic carbocycles. The number of hydrogen-bond acceptors (Lipinski definition) is 2. The van der Waals surface area contributed by atoms with Crippen LogP contribution in [0.3, 0.4) is 0 Å². The Bertz CT molecular complexity index is 326. The van der Waals surface area contributed by atoms with E-state index in [4.69, 9.17) is 11.6 Å². The van der Waals surface area contributed by atoms with E-state index in [1.807, 2.05) is 12.1 Å². The maximum absolute atomic E-state index is 5.91. The van der Waals surface area contributed by atoms with Crippen molar-refractivity contribution in [1.29, 1.82) is 0 Å². The lowest BCUT2D eigenvalue weighted by atomic mass is 10.2. The van der Waals surface area contributed by atoms with Crippen molar-refractivity contribution in [1.82, 2.24) is 9.88 Å². The average Bonchev–Trinajstić information content (AvgIpc) is 2.28. The van der Waals surface area contributed by atoms with Crippen molar-refractivity contribution in [3.63, 3.8) is 0 Å². The first-order valence-corrected chi connectivity index (χ1v) is 6.85. The molecule has 17 heavy (non-hydrogen) atoms. The Kier molecular flexibility index (Phi) is 6.53. The van der Waals surface area contributed by atoms with Gasteiger partial charge in [-0.2, -0.15) is 0 Å². The molecule has 1 rings (SSSR count). The third-order valence-electron chi connectivity index (χ3n) is 2.96. The van der Waals surface area contributed by atoms with Crippen LogP contribution in [0.4, 0.5) is 0 Å². The van der Waals surface area contributed by atoms with Crippen LogP contribution in [0.2, 0.25) is 5.15 Å². The molecule has 0 aliphatic rings. The highest BCUT2D eigenvalue weighted by atomic mass is 35.5. The first-order valence-electron chi connectivity index (χ1n) is 6.48. The first kappa shape index (κ1) is 14.5. The van der Waals surface area contributed by atoms with Crippen LogP contribution in [0.25, 0.3) is 0 Å². The summed E-state index contributed by atoms with van der Waals surface area (Å²) in [7, 11) is 0. The maximum atomic E-state index is 5.91. The Balaban J connectivity index is 2.54. The number of aromatic nitrogens is 1. The topological polar surface area (TPSA) is 16.1 Å². The lowest BCUT2D eigenvalue weighted by Crippen LogP contribution is -2.31. The molecule has 1 heterocycles. The zero-order chi connectivity index (χ0) is 12.7. The molecule has 0 bridgehead atoms. The first-order chi connectivity index (χ1) is 8.13. The number of halogens is 1. The predicted molar refractivity (Wildman–Crippen MR) is 74.3 cm³/mol. The summed E-state index contributed by atoms with van der Waals surface area (Å²) in [6, 6.07) is 4.57. The average molecular weight is 255 g/mol. The van der Waals surface area contributed by atoms with Crippen LogP contribution in [-0.2, 0) is 6.54 Å². The lowest BCUT2D eigenvalue weighted by Gasteiger charge is -2.26. The minimum absolute atomic E-state index is 0.568. The predicted octanol–water partition coefficient (Wildman–Crippen LogP) is 4.14. The molecule has 0 saturated heterocycles. The largest absolute Gasteiger partial charge is 0.297 e. The summed E-state index contributed by atoms with van der Waals surface area (Å²) >= 11 is 5.91. The minimum Gasteiger partial charge on any atom is -0.297 e. The van der Waals surface area contributed by atoms with E-state index in [1.54, 1.807) is 6.20 Å². The number of unbranched alkanes of at least 4 members (excludes halogenated alkanes) is 2. The second-order valence-electron chi connectivity index (χ2n) is 4.76. The molecule has 0 aliphatic carbocycles. The van der Waals surface area contributed by atoms with Gasteiger partial charge in [0.15, 0.2) is 0 Å². The Labute approximate surface area is 110 Å². The van der Waals surface area contributed by atoms with Crippen LogP contribution >= 0.6 is 11.6 Å². The van der Waals surface area contributed by atoms with Crippen molar-refractivity contribution in [2.45, 2.75) is 52.6 Å². The van der Waals surface area contributed by atoms with Gasteiger partial charge in [0.25, 0.3) is 0 Å². The van der Waals surface area contributed by atoms with E-state index in [0.717, 1.165) is 13.1 Å². The Hall–Kier alpha value is -0.600. The fraction of sp³-hybridized carbons (Fsp3) is 0.643. The number of rotatable bonds is 7. The third-order valence-corrected chi connectivity index (χ3v) is 3.16. The van der Waals surface area contributed by atoms with E-state index in [1.165, 1.54) is 24.8 Å². The molecule has 0 aliphatic heterocycles. The zero-order valence-corrected chi connectivity index (χ0v) is 11.9. The molecular weight excluding hydrogens is 232 g/mol. The van der Waals surface area contributed by atoms with Crippen molar-refractivity contribution < 1.29 is 0 Å². The Morgan fingerprint density at radius 1 is 1.35 bits per heavy atom. The molecule has 0 fully saturated rings. The smallest absolute Gasteiger partial charge is 0.129 e. The van der Waals surface area contributed by atoms with Crippen molar-refractivity contribution >= 4 is 11.6 Å². The summed E-state index contributed by atoms with van der Waals surface area (Å²) in [5.74, 6) is 0. The molecule has 96 valence electrons. The highest BCUT2D eigenvalue weighted by molar-refractivity contribution is 6.29. The molecule has 0 spiro atoms. The van der Waals surface area contributed by atoms with Crippen LogP contribution < -0.4 is 0 Å². The standard InChI is InChI=1S/C14H23ClN2/c1-4-5-6-9-17(12(2)3)11-13-7-8-16-14(15)10-13/h7-8,10,12H,4-6,9,11H2,1-3H3. The van der Waals surface area contributed by atoms with Gasteiger partial charge < -0.3 is 0 Å². The third kappa shape index (κ3) is 5.51. The fourth-order valence-corrected chi connectivity index (χ4v) is 2.06. The van der Waals surface area contributed by atoms with Crippen molar-refractivity contribution in [2.24, 2.45) is 0 Å². The van der Waals surface area contributed by atoms with Gasteiger partial charge in [-0.15, -0.1) is 0 Å². The van der Waals surface area contributed by atoms with E-state index in [0.29, 0.717) is 11.2 Å². The fourth-order valence-electron chi connectivity index (χ4n) is 1.86. The summed E-state index contributed by atoms with van der Waals surface area (Å²) in [5, 5.41) is 0.583. The van der Waals surface area contributed by atoms with E-state index < -0.39 is 0 Å². The van der Waals surface area contributed by atoms with Gasteiger partial charge >= 0.3 is 0 Å². The highest BCUT2D eigenvalue weighted by Crippen LogP contribution is 2.12. The van der Waals surface area contributed by atoms with Crippen LogP contribution in [0, 0.1) is 0 Å². The van der Waals surface area contributed by atoms with Gasteiger partial charge in [-0.3, -0.25) is 4.90 Å². The van der Waals surface area contributed by atoms with Gasteiger partial charge in [-0.25, -0.2) is 4.98 Å². The normalized spacial score (nSPS) is 11.4. The molecule has 3 heteroatoms. The molecular formula is C14H23ClN2. The Morgan fingerprint density at radius 3 is 2.71 bits per heavy atom. The minimum atomic E-state index is 0.568. The SMILES string of the molecule is CCCCCN(Cc1ccnc(Cl)c1)C(C)C. The quantitative estimate of drug-likeness (QED) is 0.537. The molecule has 0 saturated carbocycles. The van der Waals surface area contributed by atoms with E-state index in [9.17, 15) is 0 Å². The van der Waals surface area contributed by atoms with Crippen LogP contribution in [0.1, 0.15) is 45.6 Å².